The van der Waals surface area contributed by atoms with Crippen LogP contribution in [0.3, 0.4) is 0 Å². The highest BCUT2D eigenvalue weighted by Gasteiger charge is 2.31. The van der Waals surface area contributed by atoms with Gasteiger partial charge in [0.15, 0.2) is 0 Å². The number of rotatable bonds is 5. The zero-order chi connectivity index (χ0) is 16.4. The van der Waals surface area contributed by atoms with E-state index < -0.39 is 0 Å². The second-order valence-electron chi connectivity index (χ2n) is 5.98. The van der Waals surface area contributed by atoms with E-state index in [1.165, 1.54) is 0 Å². The summed E-state index contributed by atoms with van der Waals surface area (Å²) in [5.41, 5.74) is 10.4. The maximum absolute atomic E-state index is 12.0. The van der Waals surface area contributed by atoms with Gasteiger partial charge in [-0.15, -0.1) is 0 Å². The van der Waals surface area contributed by atoms with Gasteiger partial charge in [0, 0.05) is 5.69 Å². The van der Waals surface area contributed by atoms with E-state index in [1.807, 2.05) is 56.3 Å². The average molecular weight is 310 g/mol. The molecule has 0 aliphatic carbocycles. The molecule has 1 aliphatic heterocycles. The summed E-state index contributed by atoms with van der Waals surface area (Å²) in [6.07, 6.45) is 0.789. The molecule has 0 fully saturated rings. The van der Waals surface area contributed by atoms with Gasteiger partial charge in [-0.3, -0.25) is 4.79 Å². The van der Waals surface area contributed by atoms with Crippen molar-refractivity contribution in [1.29, 1.82) is 0 Å². The Kier molecular flexibility index (Phi) is 4.35. The van der Waals surface area contributed by atoms with E-state index in [0.717, 1.165) is 34.5 Å². The number of fused-ring (bicyclic) bond motifs is 1. The quantitative estimate of drug-likeness (QED) is 0.888. The molecule has 4 heteroatoms. The van der Waals surface area contributed by atoms with Crippen molar-refractivity contribution in [3.8, 4) is 5.75 Å². The number of nitrogens with one attached hydrogen (secondary N) is 1. The third-order valence-corrected chi connectivity index (χ3v) is 4.34. The van der Waals surface area contributed by atoms with Gasteiger partial charge in [-0.1, -0.05) is 37.3 Å². The number of ether oxygens (including phenoxy) is 1. The van der Waals surface area contributed by atoms with Crippen molar-refractivity contribution in [2.45, 2.75) is 32.2 Å². The van der Waals surface area contributed by atoms with E-state index in [9.17, 15) is 4.79 Å². The number of hydrogen-bond donors (Lipinski definition) is 2. The minimum atomic E-state index is -0.229. The van der Waals surface area contributed by atoms with Crippen molar-refractivity contribution >= 4 is 11.6 Å². The molecule has 120 valence electrons. The van der Waals surface area contributed by atoms with Crippen molar-refractivity contribution in [2.24, 2.45) is 5.73 Å². The first-order chi connectivity index (χ1) is 11.1. The zero-order valence-corrected chi connectivity index (χ0v) is 13.5. The summed E-state index contributed by atoms with van der Waals surface area (Å²) < 4.78 is 5.75. The lowest BCUT2D eigenvalue weighted by Crippen LogP contribution is -2.19. The number of amides is 1. The smallest absolute Gasteiger partial charge is 0.232 e. The van der Waals surface area contributed by atoms with E-state index in [4.69, 9.17) is 10.5 Å². The molecular weight excluding hydrogens is 288 g/mol. The number of hydrogen-bond acceptors (Lipinski definition) is 3. The molecule has 0 radical (unpaired) electrons. The number of nitrogens with two attached hydrogens (primary N) is 1. The van der Waals surface area contributed by atoms with Gasteiger partial charge in [0.25, 0.3) is 0 Å². The fourth-order valence-corrected chi connectivity index (χ4v) is 3.06. The molecule has 2 aromatic rings. The first-order valence-corrected chi connectivity index (χ1v) is 7.99. The van der Waals surface area contributed by atoms with Gasteiger partial charge in [0.05, 0.1) is 12.0 Å². The number of anilines is 1. The number of carbonyl (C=O) groups is 1. The molecule has 1 heterocycles. The van der Waals surface area contributed by atoms with Gasteiger partial charge in [0.1, 0.15) is 12.4 Å². The highest BCUT2D eigenvalue weighted by atomic mass is 16.5. The highest BCUT2D eigenvalue weighted by Crippen LogP contribution is 2.38. The molecule has 1 amide bonds. The molecule has 0 spiro atoms. The summed E-state index contributed by atoms with van der Waals surface area (Å²) in [6, 6.07) is 13.5. The van der Waals surface area contributed by atoms with Crippen molar-refractivity contribution in [2.75, 3.05) is 11.9 Å². The normalized spacial score (nSPS) is 17.5. The highest BCUT2D eigenvalue weighted by molar-refractivity contribution is 6.03. The molecule has 2 atom stereocenters. The van der Waals surface area contributed by atoms with Crippen molar-refractivity contribution in [3.63, 3.8) is 0 Å². The van der Waals surface area contributed by atoms with Crippen LogP contribution in [0.2, 0.25) is 0 Å². The molecule has 2 unspecified atom stereocenters. The van der Waals surface area contributed by atoms with Crippen LogP contribution in [0.25, 0.3) is 0 Å². The van der Waals surface area contributed by atoms with Gasteiger partial charge in [-0.2, -0.15) is 0 Å². The van der Waals surface area contributed by atoms with Gasteiger partial charge in [0.2, 0.25) is 5.91 Å². The van der Waals surface area contributed by atoms with Gasteiger partial charge < -0.3 is 15.8 Å². The predicted molar refractivity (Wildman–Crippen MR) is 91.7 cm³/mol. The Morgan fingerprint density at radius 1 is 1.26 bits per heavy atom. The fraction of sp³-hybridized carbons (Fsp3) is 0.316. The Labute approximate surface area is 136 Å². The summed E-state index contributed by atoms with van der Waals surface area (Å²) in [6.45, 7) is 4.44. The summed E-state index contributed by atoms with van der Waals surface area (Å²) in [7, 11) is 0. The van der Waals surface area contributed by atoms with Crippen molar-refractivity contribution in [1.82, 2.24) is 0 Å². The lowest BCUT2D eigenvalue weighted by atomic mass is 9.92. The number of benzene rings is 2. The van der Waals surface area contributed by atoms with Crippen LogP contribution in [0, 0.1) is 6.92 Å². The number of carbonyl (C=O) groups excluding carboxylic acids is 1. The van der Waals surface area contributed by atoms with Crippen LogP contribution in [-0.2, 0) is 4.79 Å². The van der Waals surface area contributed by atoms with Crippen molar-refractivity contribution in [3.05, 3.63) is 59.2 Å². The third-order valence-electron chi connectivity index (χ3n) is 4.34. The molecule has 4 nitrogen and oxygen atoms in total. The van der Waals surface area contributed by atoms with Crippen LogP contribution in [-0.4, -0.2) is 12.5 Å². The Bertz CT molecular complexity index is 713. The molecule has 1 aliphatic rings. The van der Waals surface area contributed by atoms with Crippen LogP contribution < -0.4 is 15.8 Å². The largest absolute Gasteiger partial charge is 0.492 e. The summed E-state index contributed by atoms with van der Waals surface area (Å²) in [4.78, 5) is 12.0. The van der Waals surface area contributed by atoms with Crippen LogP contribution >= 0.6 is 0 Å². The standard InChI is InChI=1S/C19H22N2O2/c1-3-15-16-10-13(9-12(2)18(16)21-19(15)22)17(20)11-23-14-7-5-4-6-8-14/h4-10,15,17H,3,11,20H2,1-2H3,(H,21,22). The molecule has 3 rings (SSSR count). The molecule has 23 heavy (non-hydrogen) atoms. The number of aryl methyl sites for hydroxylation is 1. The summed E-state index contributed by atoms with van der Waals surface area (Å²) in [5.74, 6) is 0.812. The monoisotopic (exact) mass is 310 g/mol. The Balaban J connectivity index is 1.79. The van der Waals surface area contributed by atoms with Crippen LogP contribution in [0.1, 0.15) is 42.0 Å². The van der Waals surface area contributed by atoms with Crippen LogP contribution in [0.15, 0.2) is 42.5 Å². The Morgan fingerprint density at radius 3 is 2.70 bits per heavy atom. The van der Waals surface area contributed by atoms with E-state index in [0.29, 0.717) is 6.61 Å². The Hall–Kier alpha value is -2.33. The summed E-state index contributed by atoms with van der Waals surface area (Å²) in [5, 5.41) is 2.98. The predicted octanol–water partition coefficient (Wildman–Crippen LogP) is 3.52. The van der Waals surface area contributed by atoms with Gasteiger partial charge >= 0.3 is 0 Å². The molecule has 0 saturated carbocycles. The van der Waals surface area contributed by atoms with E-state index in [1.54, 1.807) is 0 Å². The Morgan fingerprint density at radius 2 is 2.00 bits per heavy atom. The molecule has 2 aromatic carbocycles. The number of para-hydroxylation sites is 1. The maximum atomic E-state index is 12.0. The van der Waals surface area contributed by atoms with Crippen molar-refractivity contribution < 1.29 is 9.53 Å². The fourth-order valence-electron chi connectivity index (χ4n) is 3.06. The van der Waals surface area contributed by atoms with Crippen LogP contribution in [0.5, 0.6) is 5.75 Å². The topological polar surface area (TPSA) is 64.4 Å². The summed E-state index contributed by atoms with van der Waals surface area (Å²) >= 11 is 0. The average Bonchev–Trinajstić information content (AvgIpc) is 2.89. The molecule has 0 saturated heterocycles. The SMILES string of the molecule is CCC1C(=O)Nc2c(C)cc(C(N)COc3ccccc3)cc21. The first-order valence-electron chi connectivity index (χ1n) is 7.99. The zero-order valence-electron chi connectivity index (χ0n) is 13.5. The minimum absolute atomic E-state index is 0.0779. The maximum Gasteiger partial charge on any atom is 0.232 e. The lowest BCUT2D eigenvalue weighted by Gasteiger charge is -2.17. The third kappa shape index (κ3) is 3.08. The molecule has 0 bridgehead atoms. The second kappa shape index (κ2) is 6.42. The molecular formula is C19H22N2O2. The van der Waals surface area contributed by atoms with Gasteiger partial charge in [-0.25, -0.2) is 0 Å². The van der Waals surface area contributed by atoms with E-state index in [2.05, 4.69) is 5.32 Å². The minimum Gasteiger partial charge on any atom is -0.492 e. The van der Waals surface area contributed by atoms with Gasteiger partial charge in [-0.05, 0) is 42.2 Å². The molecule has 0 aromatic heterocycles. The lowest BCUT2D eigenvalue weighted by molar-refractivity contribution is -0.117. The van der Waals surface area contributed by atoms with E-state index >= 15 is 0 Å². The van der Waals surface area contributed by atoms with Crippen LogP contribution in [0.4, 0.5) is 5.69 Å². The molecule has 3 N–H and O–H groups in total. The second-order valence-corrected chi connectivity index (χ2v) is 5.98. The first kappa shape index (κ1) is 15.6. The van der Waals surface area contributed by atoms with E-state index in [-0.39, 0.29) is 17.9 Å².